The highest BCUT2D eigenvalue weighted by atomic mass is 16.6. The van der Waals surface area contributed by atoms with E-state index in [1.165, 1.54) is 12.8 Å². The molecule has 0 unspecified atom stereocenters. The molecule has 2 aromatic heterocycles. The van der Waals surface area contributed by atoms with E-state index in [0.717, 1.165) is 24.6 Å². The van der Waals surface area contributed by atoms with Crippen molar-refractivity contribution in [2.24, 2.45) is 0 Å². The Kier molecular flexibility index (Phi) is 2.88. The van der Waals surface area contributed by atoms with E-state index in [9.17, 15) is 0 Å². The first kappa shape index (κ1) is 12.1. The lowest BCUT2D eigenvalue weighted by atomic mass is 10.3. The van der Waals surface area contributed by atoms with Crippen LogP contribution in [0.3, 0.4) is 0 Å². The molecule has 3 heterocycles. The van der Waals surface area contributed by atoms with Gasteiger partial charge in [-0.3, -0.25) is 0 Å². The summed E-state index contributed by atoms with van der Waals surface area (Å²) in [5.41, 5.74) is 1.81. The maximum atomic E-state index is 4.72. The molecule has 1 fully saturated rings. The van der Waals surface area contributed by atoms with Gasteiger partial charge < -0.3 is 10.2 Å². The lowest BCUT2D eigenvalue weighted by Crippen LogP contribution is -2.21. The highest BCUT2D eigenvalue weighted by Crippen LogP contribution is 2.29. The molecule has 0 aliphatic carbocycles. The van der Waals surface area contributed by atoms with Gasteiger partial charge in [-0.05, 0) is 35.3 Å². The Labute approximate surface area is 121 Å². The zero-order valence-corrected chi connectivity index (χ0v) is 11.4. The van der Waals surface area contributed by atoms with Gasteiger partial charge in [0.25, 0.3) is 0 Å². The number of para-hydroxylation sites is 1. The molecule has 1 saturated heterocycles. The van der Waals surface area contributed by atoms with Gasteiger partial charge in [0.05, 0.1) is 0 Å². The van der Waals surface area contributed by atoms with E-state index in [1.54, 1.807) is 0 Å². The van der Waals surface area contributed by atoms with Crippen molar-refractivity contribution in [1.82, 2.24) is 20.3 Å². The van der Waals surface area contributed by atoms with Crippen molar-refractivity contribution in [1.29, 1.82) is 0 Å². The van der Waals surface area contributed by atoms with Crippen molar-refractivity contribution in [2.75, 3.05) is 23.3 Å². The molecule has 7 nitrogen and oxygen atoms in total. The highest BCUT2D eigenvalue weighted by Gasteiger charge is 2.21. The first-order chi connectivity index (χ1) is 10.4. The molecule has 0 amide bonds. The van der Waals surface area contributed by atoms with Gasteiger partial charge in [-0.15, -0.1) is 0 Å². The monoisotopic (exact) mass is 282 g/mol. The molecular weight excluding hydrogens is 268 g/mol. The van der Waals surface area contributed by atoms with Gasteiger partial charge in [-0.25, -0.2) is 14.6 Å². The largest absolute Gasteiger partial charge is 0.353 e. The fourth-order valence-corrected chi connectivity index (χ4v) is 2.52. The predicted molar refractivity (Wildman–Crippen MR) is 78.6 cm³/mol. The summed E-state index contributed by atoms with van der Waals surface area (Å²) >= 11 is 0. The fourth-order valence-electron chi connectivity index (χ4n) is 2.52. The van der Waals surface area contributed by atoms with Crippen molar-refractivity contribution in [3.63, 3.8) is 0 Å². The number of hydrogen-bond donors (Lipinski definition) is 1. The van der Waals surface area contributed by atoms with Crippen LogP contribution in [0.1, 0.15) is 12.8 Å². The van der Waals surface area contributed by atoms with Crippen LogP contribution in [0.4, 0.5) is 17.3 Å². The Morgan fingerprint density at radius 2 is 1.67 bits per heavy atom. The summed E-state index contributed by atoms with van der Waals surface area (Å²) in [6.45, 7) is 1.96. The van der Waals surface area contributed by atoms with E-state index < -0.39 is 0 Å². The maximum Gasteiger partial charge on any atom is 0.245 e. The molecule has 7 heteroatoms. The Balaban J connectivity index is 1.78. The van der Waals surface area contributed by atoms with Crippen LogP contribution in [-0.4, -0.2) is 33.4 Å². The van der Waals surface area contributed by atoms with Gasteiger partial charge in [0, 0.05) is 18.8 Å². The SMILES string of the molecule is c1ccc(Nc2nc3nonc3nc2N2CCCC2)cc1. The second kappa shape index (κ2) is 5.01. The quantitative estimate of drug-likeness (QED) is 0.789. The molecule has 0 saturated carbocycles. The average Bonchev–Trinajstić information content (AvgIpc) is 3.18. The van der Waals surface area contributed by atoms with Crippen LogP contribution in [0.15, 0.2) is 35.0 Å². The number of anilines is 3. The molecule has 21 heavy (non-hydrogen) atoms. The smallest absolute Gasteiger partial charge is 0.245 e. The number of hydrogen-bond acceptors (Lipinski definition) is 7. The van der Waals surface area contributed by atoms with E-state index in [1.807, 2.05) is 30.3 Å². The minimum atomic E-state index is 0.413. The summed E-state index contributed by atoms with van der Waals surface area (Å²) in [6.07, 6.45) is 2.34. The second-order valence-corrected chi connectivity index (χ2v) is 4.99. The zero-order chi connectivity index (χ0) is 14.1. The molecule has 1 aliphatic heterocycles. The standard InChI is InChI=1S/C14H14N6O/c1-2-6-10(7-3-1)15-13-14(20-8-4-5-9-20)17-12-11(16-13)18-21-19-12/h1-3,6-7H,4-5,8-9H2,(H,15,16,18). The lowest BCUT2D eigenvalue weighted by molar-refractivity contribution is 0.314. The summed E-state index contributed by atoms with van der Waals surface area (Å²) in [5, 5.41) is 10.9. The van der Waals surface area contributed by atoms with Crippen LogP contribution in [0.2, 0.25) is 0 Å². The number of aromatic nitrogens is 4. The number of rotatable bonds is 3. The summed E-state index contributed by atoms with van der Waals surface area (Å²) in [6, 6.07) is 9.90. The Morgan fingerprint density at radius 3 is 2.43 bits per heavy atom. The molecule has 0 radical (unpaired) electrons. The van der Waals surface area contributed by atoms with Crippen LogP contribution < -0.4 is 10.2 Å². The number of nitrogens with one attached hydrogen (secondary N) is 1. The molecular formula is C14H14N6O. The first-order valence-electron chi connectivity index (χ1n) is 6.97. The molecule has 0 atom stereocenters. The van der Waals surface area contributed by atoms with Gasteiger partial charge in [0.15, 0.2) is 11.6 Å². The van der Waals surface area contributed by atoms with E-state index in [4.69, 9.17) is 4.63 Å². The van der Waals surface area contributed by atoms with Crippen LogP contribution in [0.5, 0.6) is 0 Å². The predicted octanol–water partition coefficient (Wildman–Crippen LogP) is 2.36. The van der Waals surface area contributed by atoms with E-state index in [-0.39, 0.29) is 0 Å². The number of benzene rings is 1. The second-order valence-electron chi connectivity index (χ2n) is 4.99. The normalized spacial score (nSPS) is 14.8. The molecule has 4 rings (SSSR count). The molecule has 1 aliphatic rings. The minimum Gasteiger partial charge on any atom is -0.353 e. The zero-order valence-electron chi connectivity index (χ0n) is 11.4. The summed E-state index contributed by atoms with van der Waals surface area (Å²) in [5.74, 6) is 1.49. The van der Waals surface area contributed by atoms with Gasteiger partial charge in [0.1, 0.15) is 0 Å². The van der Waals surface area contributed by atoms with Crippen molar-refractivity contribution in [3.8, 4) is 0 Å². The van der Waals surface area contributed by atoms with Crippen molar-refractivity contribution >= 4 is 28.6 Å². The average molecular weight is 282 g/mol. The molecule has 106 valence electrons. The van der Waals surface area contributed by atoms with Gasteiger partial charge in [-0.1, -0.05) is 18.2 Å². The first-order valence-corrected chi connectivity index (χ1v) is 6.97. The van der Waals surface area contributed by atoms with E-state index >= 15 is 0 Å². The molecule has 3 aromatic rings. The summed E-state index contributed by atoms with van der Waals surface area (Å²) in [7, 11) is 0. The van der Waals surface area contributed by atoms with Crippen LogP contribution in [0, 0.1) is 0 Å². The summed E-state index contributed by atoms with van der Waals surface area (Å²) in [4.78, 5) is 11.3. The molecule has 1 N–H and O–H groups in total. The van der Waals surface area contributed by atoms with Gasteiger partial charge >= 0.3 is 0 Å². The Hall–Kier alpha value is -2.70. The molecule has 0 spiro atoms. The van der Waals surface area contributed by atoms with Crippen molar-refractivity contribution in [2.45, 2.75) is 12.8 Å². The molecule has 1 aromatic carbocycles. The minimum absolute atomic E-state index is 0.413. The van der Waals surface area contributed by atoms with Gasteiger partial charge in [0.2, 0.25) is 11.3 Å². The van der Waals surface area contributed by atoms with Crippen molar-refractivity contribution < 1.29 is 4.63 Å². The Morgan fingerprint density at radius 1 is 0.952 bits per heavy atom. The van der Waals surface area contributed by atoms with Crippen LogP contribution in [-0.2, 0) is 0 Å². The van der Waals surface area contributed by atoms with E-state index in [0.29, 0.717) is 17.1 Å². The topological polar surface area (TPSA) is 80.0 Å². The number of fused-ring (bicyclic) bond motifs is 1. The van der Waals surface area contributed by atoms with E-state index in [2.05, 4.69) is 30.5 Å². The molecule has 0 bridgehead atoms. The van der Waals surface area contributed by atoms with Gasteiger partial charge in [-0.2, -0.15) is 0 Å². The highest BCUT2D eigenvalue weighted by molar-refractivity contribution is 5.77. The maximum absolute atomic E-state index is 4.72. The third-order valence-corrected chi connectivity index (χ3v) is 3.54. The third-order valence-electron chi connectivity index (χ3n) is 3.54. The Bertz CT molecular complexity index is 751. The van der Waals surface area contributed by atoms with Crippen molar-refractivity contribution in [3.05, 3.63) is 30.3 Å². The number of nitrogens with zero attached hydrogens (tertiary/aromatic N) is 5. The summed E-state index contributed by atoms with van der Waals surface area (Å²) < 4.78 is 4.72. The fraction of sp³-hybridized carbons (Fsp3) is 0.286. The van der Waals surface area contributed by atoms with Crippen LogP contribution in [0.25, 0.3) is 11.3 Å². The van der Waals surface area contributed by atoms with Crippen LogP contribution >= 0.6 is 0 Å². The lowest BCUT2D eigenvalue weighted by Gasteiger charge is -2.19. The third kappa shape index (κ3) is 2.26.